The Morgan fingerprint density at radius 1 is 0.909 bits per heavy atom. The molecule has 2 aromatic heterocycles. The predicted molar refractivity (Wildman–Crippen MR) is 79.2 cm³/mol. The van der Waals surface area contributed by atoms with Crippen LogP contribution in [0.2, 0.25) is 0 Å². The molecule has 0 saturated heterocycles. The zero-order valence-electron chi connectivity index (χ0n) is 11.4. The maximum absolute atomic E-state index is 12.8. The number of hydrogen-bond acceptors (Lipinski definition) is 3. The quantitative estimate of drug-likeness (QED) is 0.580. The Hall–Kier alpha value is -3.21. The van der Waals surface area contributed by atoms with Gasteiger partial charge in [0.05, 0.1) is 16.6 Å². The number of primary amides is 1. The van der Waals surface area contributed by atoms with Crippen molar-refractivity contribution < 1.29 is 14.4 Å². The van der Waals surface area contributed by atoms with Crippen LogP contribution in [0.1, 0.15) is 42.3 Å². The average Bonchev–Trinajstić information content (AvgIpc) is 2.88. The second kappa shape index (κ2) is 4.14. The molecule has 0 atom stereocenters. The van der Waals surface area contributed by atoms with Gasteiger partial charge in [-0.15, -0.1) is 0 Å². The normalized spacial score (nSPS) is 13.1. The first-order chi connectivity index (χ1) is 10.6. The number of rotatable bonds is 1. The number of nitrogens with zero attached hydrogens (tertiary/aromatic N) is 1. The summed E-state index contributed by atoms with van der Waals surface area (Å²) in [6.07, 6.45) is 1.65. The van der Waals surface area contributed by atoms with Crippen molar-refractivity contribution in [2.75, 3.05) is 0 Å². The summed E-state index contributed by atoms with van der Waals surface area (Å²) in [4.78, 5) is 37.4. The standard InChI is InChI=1S/C17H10N2O3/c18-17(22)12-11-7-3-4-8-19(11)14-13(12)15(20)9-5-1-2-6-10(9)16(14)21/h1-8H,(H2,18,22). The van der Waals surface area contributed by atoms with Crippen LogP contribution in [0, 0.1) is 0 Å². The fourth-order valence-electron chi connectivity index (χ4n) is 3.04. The van der Waals surface area contributed by atoms with E-state index >= 15 is 0 Å². The lowest BCUT2D eigenvalue weighted by molar-refractivity contribution is 0.0964. The molecule has 5 nitrogen and oxygen atoms in total. The minimum Gasteiger partial charge on any atom is -0.366 e. The van der Waals surface area contributed by atoms with E-state index in [-0.39, 0.29) is 28.4 Å². The van der Waals surface area contributed by atoms with Crippen LogP contribution >= 0.6 is 0 Å². The number of aromatic nitrogens is 1. The molecule has 0 aliphatic heterocycles. The minimum atomic E-state index is -0.717. The molecule has 5 heteroatoms. The molecule has 4 rings (SSSR count). The third kappa shape index (κ3) is 1.39. The predicted octanol–water partition coefficient (Wildman–Crippen LogP) is 1.81. The maximum atomic E-state index is 12.8. The van der Waals surface area contributed by atoms with Crippen molar-refractivity contribution in [3.8, 4) is 0 Å². The number of fused-ring (bicyclic) bond motifs is 4. The number of benzene rings is 1. The van der Waals surface area contributed by atoms with E-state index in [1.165, 1.54) is 0 Å². The van der Waals surface area contributed by atoms with Crippen molar-refractivity contribution in [3.63, 3.8) is 0 Å². The van der Waals surface area contributed by atoms with Gasteiger partial charge in [-0.05, 0) is 12.1 Å². The number of carbonyl (C=O) groups is 3. The molecule has 106 valence electrons. The molecule has 22 heavy (non-hydrogen) atoms. The number of ketones is 2. The van der Waals surface area contributed by atoms with Gasteiger partial charge in [0.25, 0.3) is 5.91 Å². The molecule has 0 unspecified atom stereocenters. The number of amides is 1. The monoisotopic (exact) mass is 290 g/mol. The Balaban J connectivity index is 2.20. The van der Waals surface area contributed by atoms with E-state index in [9.17, 15) is 14.4 Å². The van der Waals surface area contributed by atoms with Crippen molar-refractivity contribution in [3.05, 3.63) is 76.6 Å². The number of nitrogens with two attached hydrogens (primary N) is 1. The van der Waals surface area contributed by atoms with E-state index in [1.807, 2.05) is 0 Å². The van der Waals surface area contributed by atoms with Crippen LogP contribution in [0.3, 0.4) is 0 Å². The molecule has 2 heterocycles. The van der Waals surface area contributed by atoms with E-state index in [0.717, 1.165) is 0 Å². The van der Waals surface area contributed by atoms with Crippen LogP contribution in [-0.2, 0) is 0 Å². The highest BCUT2D eigenvalue weighted by molar-refractivity contribution is 6.32. The molecule has 1 aliphatic carbocycles. The van der Waals surface area contributed by atoms with Crippen LogP contribution in [-0.4, -0.2) is 21.9 Å². The van der Waals surface area contributed by atoms with Crippen LogP contribution in [0.5, 0.6) is 0 Å². The number of hydrogen-bond donors (Lipinski definition) is 1. The van der Waals surface area contributed by atoms with E-state index in [2.05, 4.69) is 0 Å². The van der Waals surface area contributed by atoms with Crippen LogP contribution < -0.4 is 5.73 Å². The molecule has 1 amide bonds. The van der Waals surface area contributed by atoms with Crippen molar-refractivity contribution >= 4 is 23.0 Å². The largest absolute Gasteiger partial charge is 0.366 e. The molecule has 0 bridgehead atoms. The summed E-state index contributed by atoms with van der Waals surface area (Å²) in [5.41, 5.74) is 6.98. The van der Waals surface area contributed by atoms with Gasteiger partial charge in [-0.25, -0.2) is 0 Å². The lowest BCUT2D eigenvalue weighted by Crippen LogP contribution is -2.24. The summed E-state index contributed by atoms with van der Waals surface area (Å²) in [5, 5.41) is 0. The van der Waals surface area contributed by atoms with Gasteiger partial charge in [-0.2, -0.15) is 0 Å². The highest BCUT2D eigenvalue weighted by Crippen LogP contribution is 2.33. The van der Waals surface area contributed by atoms with Crippen LogP contribution in [0.4, 0.5) is 0 Å². The smallest absolute Gasteiger partial charge is 0.251 e. The second-order valence-corrected chi connectivity index (χ2v) is 5.12. The third-order valence-corrected chi connectivity index (χ3v) is 3.95. The van der Waals surface area contributed by atoms with Gasteiger partial charge in [-0.1, -0.05) is 30.3 Å². The third-order valence-electron chi connectivity index (χ3n) is 3.95. The highest BCUT2D eigenvalue weighted by atomic mass is 16.2. The first-order valence-corrected chi connectivity index (χ1v) is 6.72. The molecule has 0 saturated carbocycles. The molecule has 3 aromatic rings. The Morgan fingerprint density at radius 2 is 1.55 bits per heavy atom. The Labute approximate surface area is 125 Å². The Morgan fingerprint density at radius 3 is 2.23 bits per heavy atom. The summed E-state index contributed by atoms with van der Waals surface area (Å²) in [5.74, 6) is -1.34. The Kier molecular flexibility index (Phi) is 2.36. The van der Waals surface area contributed by atoms with Gasteiger partial charge < -0.3 is 10.1 Å². The van der Waals surface area contributed by atoms with Gasteiger partial charge in [-0.3, -0.25) is 14.4 Å². The van der Waals surface area contributed by atoms with Gasteiger partial charge in [0.15, 0.2) is 5.78 Å². The summed E-state index contributed by atoms with van der Waals surface area (Å²) in [7, 11) is 0. The molecule has 0 fully saturated rings. The highest BCUT2D eigenvalue weighted by Gasteiger charge is 2.36. The summed E-state index contributed by atoms with van der Waals surface area (Å²) in [6.45, 7) is 0. The summed E-state index contributed by atoms with van der Waals surface area (Å²) >= 11 is 0. The molecular formula is C17H10N2O3. The molecule has 1 aliphatic rings. The molecule has 1 aromatic carbocycles. The average molecular weight is 290 g/mol. The fourth-order valence-corrected chi connectivity index (χ4v) is 3.04. The number of pyridine rings is 1. The van der Waals surface area contributed by atoms with Crippen LogP contribution in [0.15, 0.2) is 48.7 Å². The van der Waals surface area contributed by atoms with Crippen molar-refractivity contribution in [1.82, 2.24) is 4.40 Å². The van der Waals surface area contributed by atoms with Crippen LogP contribution in [0.25, 0.3) is 5.52 Å². The minimum absolute atomic E-state index is 0.0994. The number of carbonyl (C=O) groups excluding carboxylic acids is 3. The topological polar surface area (TPSA) is 81.6 Å². The second-order valence-electron chi connectivity index (χ2n) is 5.12. The van der Waals surface area contributed by atoms with E-state index < -0.39 is 5.91 Å². The lowest BCUT2D eigenvalue weighted by atomic mass is 9.86. The molecule has 0 radical (unpaired) electrons. The van der Waals surface area contributed by atoms with E-state index in [4.69, 9.17) is 5.73 Å². The maximum Gasteiger partial charge on any atom is 0.251 e. The van der Waals surface area contributed by atoms with Gasteiger partial charge in [0, 0.05) is 17.3 Å². The lowest BCUT2D eigenvalue weighted by Gasteiger charge is -2.15. The summed E-state index contributed by atoms with van der Waals surface area (Å²) < 4.78 is 1.56. The van der Waals surface area contributed by atoms with Gasteiger partial charge in [0.1, 0.15) is 5.69 Å². The molecule has 0 spiro atoms. The molecule has 2 N–H and O–H groups in total. The van der Waals surface area contributed by atoms with Crippen molar-refractivity contribution in [1.29, 1.82) is 0 Å². The SMILES string of the molecule is NC(=O)c1c2c(n3ccccc13)C(=O)c1ccccc1C2=O. The molecular weight excluding hydrogens is 280 g/mol. The van der Waals surface area contributed by atoms with Gasteiger partial charge >= 0.3 is 0 Å². The van der Waals surface area contributed by atoms with Gasteiger partial charge in [0.2, 0.25) is 5.78 Å². The van der Waals surface area contributed by atoms with E-state index in [1.54, 1.807) is 53.1 Å². The first kappa shape index (κ1) is 12.5. The fraction of sp³-hybridized carbons (Fsp3) is 0. The van der Waals surface area contributed by atoms with Crippen molar-refractivity contribution in [2.24, 2.45) is 5.73 Å². The zero-order valence-corrected chi connectivity index (χ0v) is 11.4. The van der Waals surface area contributed by atoms with Crippen molar-refractivity contribution in [2.45, 2.75) is 0 Å². The zero-order chi connectivity index (χ0) is 15.4. The first-order valence-electron chi connectivity index (χ1n) is 6.72. The Bertz CT molecular complexity index is 998. The summed E-state index contributed by atoms with van der Waals surface area (Å²) in [6, 6.07) is 11.7. The van der Waals surface area contributed by atoms with E-state index in [0.29, 0.717) is 16.6 Å².